The van der Waals surface area contributed by atoms with Crippen molar-refractivity contribution in [2.75, 3.05) is 13.1 Å². The number of carboxylic acid groups (broad SMARTS) is 1. The van der Waals surface area contributed by atoms with Gasteiger partial charge in [-0.3, -0.25) is 9.59 Å². The third-order valence-electron chi connectivity index (χ3n) is 3.01. The van der Waals surface area contributed by atoms with Crippen LogP contribution in [0.15, 0.2) is 18.3 Å². The van der Waals surface area contributed by atoms with Crippen LogP contribution >= 0.6 is 0 Å². The Kier molecular flexibility index (Phi) is 3.55. The van der Waals surface area contributed by atoms with Crippen molar-refractivity contribution in [3.05, 3.63) is 29.8 Å². The Hall–Kier alpha value is -1.98. The van der Waals surface area contributed by atoms with Gasteiger partial charge in [-0.1, -0.05) is 0 Å². The molecule has 0 spiro atoms. The van der Waals surface area contributed by atoms with Crippen molar-refractivity contribution >= 4 is 11.9 Å². The Morgan fingerprint density at radius 3 is 3.00 bits per heavy atom. The Morgan fingerprint density at radius 1 is 1.56 bits per heavy atom. The molecule has 96 valence electrons. The van der Waals surface area contributed by atoms with E-state index in [0.29, 0.717) is 19.5 Å². The summed E-state index contributed by atoms with van der Waals surface area (Å²) in [6.07, 6.45) is 1.98. The molecule has 1 aromatic rings. The van der Waals surface area contributed by atoms with Crippen molar-refractivity contribution < 1.29 is 19.1 Å². The molecule has 0 aliphatic carbocycles. The summed E-state index contributed by atoms with van der Waals surface area (Å²) in [7, 11) is 0. The minimum atomic E-state index is -0.857. The molecule has 1 unspecified atom stereocenters. The van der Waals surface area contributed by atoms with Crippen LogP contribution in [0.2, 0.25) is 0 Å². The van der Waals surface area contributed by atoms with Gasteiger partial charge in [-0.25, -0.2) is 4.98 Å². The van der Waals surface area contributed by atoms with Crippen molar-refractivity contribution in [1.29, 1.82) is 0 Å². The summed E-state index contributed by atoms with van der Waals surface area (Å²) in [5.74, 6) is -1.84. The standard InChI is InChI=1S/C12H13FN2O3/c13-10-6-9(1-3-14-10)12(18)15-4-2-8(7-15)5-11(16)17/h1,3,6,8H,2,4-5,7H2,(H,16,17). The summed E-state index contributed by atoms with van der Waals surface area (Å²) in [6.45, 7) is 0.926. The number of amides is 1. The zero-order valence-electron chi connectivity index (χ0n) is 9.67. The first-order chi connectivity index (χ1) is 8.56. The minimum absolute atomic E-state index is 0.0156. The number of likely N-dealkylation sites (tertiary alicyclic amines) is 1. The van der Waals surface area contributed by atoms with Crippen molar-refractivity contribution in [1.82, 2.24) is 9.88 Å². The highest BCUT2D eigenvalue weighted by Crippen LogP contribution is 2.21. The zero-order chi connectivity index (χ0) is 13.1. The number of nitrogens with zero attached hydrogens (tertiary/aromatic N) is 2. The van der Waals surface area contributed by atoms with Gasteiger partial charge >= 0.3 is 5.97 Å². The molecule has 0 aromatic carbocycles. The summed E-state index contributed by atoms with van der Waals surface area (Å²) in [5, 5.41) is 8.69. The minimum Gasteiger partial charge on any atom is -0.481 e. The van der Waals surface area contributed by atoms with E-state index in [2.05, 4.69) is 4.98 Å². The summed E-state index contributed by atoms with van der Waals surface area (Å²) in [6, 6.07) is 2.54. The van der Waals surface area contributed by atoms with Gasteiger partial charge in [0.05, 0.1) is 0 Å². The number of aliphatic carboxylic acids is 1. The van der Waals surface area contributed by atoms with Crippen molar-refractivity contribution in [2.24, 2.45) is 5.92 Å². The van der Waals surface area contributed by atoms with Gasteiger partial charge in [0.2, 0.25) is 5.95 Å². The molecule has 18 heavy (non-hydrogen) atoms. The molecule has 1 aliphatic rings. The Balaban J connectivity index is 2.01. The molecule has 2 rings (SSSR count). The Bertz CT molecular complexity index is 478. The van der Waals surface area contributed by atoms with Gasteiger partial charge in [-0.2, -0.15) is 4.39 Å². The molecule has 2 heterocycles. The number of carbonyl (C=O) groups is 2. The molecule has 0 radical (unpaired) electrons. The molecular weight excluding hydrogens is 239 g/mol. The third kappa shape index (κ3) is 2.82. The lowest BCUT2D eigenvalue weighted by Gasteiger charge is -2.16. The maximum atomic E-state index is 12.9. The van der Waals surface area contributed by atoms with Crippen LogP contribution in [0.5, 0.6) is 0 Å². The monoisotopic (exact) mass is 252 g/mol. The lowest BCUT2D eigenvalue weighted by Crippen LogP contribution is -2.29. The van der Waals surface area contributed by atoms with Crippen LogP contribution in [0.25, 0.3) is 0 Å². The number of halogens is 1. The fourth-order valence-electron chi connectivity index (χ4n) is 2.15. The molecule has 0 bridgehead atoms. The van der Waals surface area contributed by atoms with Gasteiger partial charge in [0.1, 0.15) is 0 Å². The molecular formula is C12H13FN2O3. The van der Waals surface area contributed by atoms with Gasteiger partial charge < -0.3 is 10.0 Å². The van der Waals surface area contributed by atoms with E-state index >= 15 is 0 Å². The molecule has 1 fully saturated rings. The quantitative estimate of drug-likeness (QED) is 0.819. The SMILES string of the molecule is O=C(O)CC1CCN(C(=O)c2ccnc(F)c2)C1. The summed E-state index contributed by atoms with van der Waals surface area (Å²) < 4.78 is 12.9. The van der Waals surface area contributed by atoms with E-state index in [4.69, 9.17) is 5.11 Å². The topological polar surface area (TPSA) is 70.5 Å². The van der Waals surface area contributed by atoms with Crippen molar-refractivity contribution in [3.8, 4) is 0 Å². The number of hydrogen-bond acceptors (Lipinski definition) is 3. The van der Waals surface area contributed by atoms with Crippen LogP contribution in [0, 0.1) is 11.9 Å². The molecule has 0 saturated carbocycles. The van der Waals surface area contributed by atoms with E-state index in [1.54, 1.807) is 4.90 Å². The van der Waals surface area contributed by atoms with Crippen molar-refractivity contribution in [2.45, 2.75) is 12.8 Å². The Labute approximate surface area is 103 Å². The van der Waals surface area contributed by atoms with Gasteiger partial charge in [-0.05, 0) is 18.4 Å². The van der Waals surface area contributed by atoms with E-state index in [9.17, 15) is 14.0 Å². The first-order valence-electron chi connectivity index (χ1n) is 5.69. The van der Waals surface area contributed by atoms with E-state index in [1.165, 1.54) is 12.3 Å². The second-order valence-corrected chi connectivity index (χ2v) is 4.37. The van der Waals surface area contributed by atoms with Crippen LogP contribution < -0.4 is 0 Å². The molecule has 1 amide bonds. The fourth-order valence-corrected chi connectivity index (χ4v) is 2.15. The molecule has 1 atom stereocenters. The summed E-state index contributed by atoms with van der Waals surface area (Å²) >= 11 is 0. The maximum absolute atomic E-state index is 12.9. The number of carboxylic acids is 1. The van der Waals surface area contributed by atoms with Crippen molar-refractivity contribution in [3.63, 3.8) is 0 Å². The van der Waals surface area contributed by atoms with E-state index in [1.807, 2.05) is 0 Å². The number of hydrogen-bond donors (Lipinski definition) is 1. The van der Waals surface area contributed by atoms with E-state index in [0.717, 1.165) is 6.07 Å². The molecule has 6 heteroatoms. The van der Waals surface area contributed by atoms with Gasteiger partial charge in [-0.15, -0.1) is 0 Å². The molecule has 1 aliphatic heterocycles. The lowest BCUT2D eigenvalue weighted by molar-refractivity contribution is -0.138. The average molecular weight is 252 g/mol. The van der Waals surface area contributed by atoms with Gasteiger partial charge in [0.15, 0.2) is 0 Å². The average Bonchev–Trinajstić information content (AvgIpc) is 2.75. The van der Waals surface area contributed by atoms with Gasteiger partial charge in [0.25, 0.3) is 5.91 Å². The van der Waals surface area contributed by atoms with Crippen LogP contribution in [0.3, 0.4) is 0 Å². The summed E-state index contributed by atoms with van der Waals surface area (Å²) in [5.41, 5.74) is 0.249. The smallest absolute Gasteiger partial charge is 0.303 e. The molecule has 5 nitrogen and oxygen atoms in total. The number of pyridine rings is 1. The highest BCUT2D eigenvalue weighted by atomic mass is 19.1. The lowest BCUT2D eigenvalue weighted by atomic mass is 10.1. The normalized spacial score (nSPS) is 18.9. The highest BCUT2D eigenvalue weighted by Gasteiger charge is 2.28. The highest BCUT2D eigenvalue weighted by molar-refractivity contribution is 5.94. The number of carbonyl (C=O) groups excluding carboxylic acids is 1. The second kappa shape index (κ2) is 5.12. The maximum Gasteiger partial charge on any atom is 0.303 e. The summed E-state index contributed by atoms with van der Waals surface area (Å²) in [4.78, 5) is 27.5. The third-order valence-corrected chi connectivity index (χ3v) is 3.01. The van der Waals surface area contributed by atoms with E-state index in [-0.39, 0.29) is 23.8 Å². The number of rotatable bonds is 3. The van der Waals surface area contributed by atoms with Crippen LogP contribution in [-0.4, -0.2) is 40.0 Å². The van der Waals surface area contributed by atoms with Crippen LogP contribution in [0.4, 0.5) is 4.39 Å². The molecule has 1 saturated heterocycles. The van der Waals surface area contributed by atoms with Crippen LogP contribution in [0.1, 0.15) is 23.2 Å². The molecule has 1 aromatic heterocycles. The fraction of sp³-hybridized carbons (Fsp3) is 0.417. The largest absolute Gasteiger partial charge is 0.481 e. The number of aromatic nitrogens is 1. The second-order valence-electron chi connectivity index (χ2n) is 4.37. The molecule has 1 N–H and O–H groups in total. The predicted octanol–water partition coefficient (Wildman–Crippen LogP) is 1.16. The Morgan fingerprint density at radius 2 is 2.33 bits per heavy atom. The van der Waals surface area contributed by atoms with E-state index < -0.39 is 11.9 Å². The first-order valence-corrected chi connectivity index (χ1v) is 5.69. The van der Waals surface area contributed by atoms with Gasteiger partial charge in [0, 0.05) is 37.3 Å². The predicted molar refractivity (Wildman–Crippen MR) is 60.5 cm³/mol. The zero-order valence-corrected chi connectivity index (χ0v) is 9.67. The first kappa shape index (κ1) is 12.5. The van der Waals surface area contributed by atoms with Crippen LogP contribution in [-0.2, 0) is 4.79 Å².